The molecule has 5 nitrogen and oxygen atoms in total. The van der Waals surface area contributed by atoms with E-state index in [0.29, 0.717) is 18.0 Å². The number of carboxylic acids is 1. The highest BCUT2D eigenvalue weighted by atomic mass is 16.4. The van der Waals surface area contributed by atoms with E-state index in [4.69, 9.17) is 5.11 Å². The third-order valence-electron chi connectivity index (χ3n) is 4.98. The molecule has 0 aliphatic carbocycles. The first-order valence-electron chi connectivity index (χ1n) is 10.3. The number of aliphatic carboxylic acids is 1. The number of carbonyl (C=O) groups is 2. The molecule has 0 saturated heterocycles. The molecule has 2 rings (SSSR count). The molecule has 1 amide bonds. The Labute approximate surface area is 179 Å². The van der Waals surface area contributed by atoms with Gasteiger partial charge in [-0.25, -0.2) is 0 Å². The zero-order valence-electron chi connectivity index (χ0n) is 18.7. The van der Waals surface area contributed by atoms with Gasteiger partial charge in [-0.2, -0.15) is 0 Å². The van der Waals surface area contributed by atoms with Crippen molar-refractivity contribution in [3.8, 4) is 11.1 Å². The van der Waals surface area contributed by atoms with Crippen LogP contribution in [-0.2, 0) is 9.59 Å². The summed E-state index contributed by atoms with van der Waals surface area (Å²) in [6.07, 6.45) is 2.37. The first kappa shape index (κ1) is 23.2. The van der Waals surface area contributed by atoms with Crippen molar-refractivity contribution in [2.45, 2.75) is 60.0 Å². The lowest BCUT2D eigenvalue weighted by Gasteiger charge is -2.14. The summed E-state index contributed by atoms with van der Waals surface area (Å²) in [5.74, 6) is -1.40. The van der Waals surface area contributed by atoms with E-state index < -0.39 is 12.0 Å². The van der Waals surface area contributed by atoms with Crippen LogP contribution in [0.4, 0.5) is 5.69 Å². The Kier molecular flexibility index (Phi) is 7.81. The van der Waals surface area contributed by atoms with Crippen molar-refractivity contribution in [2.75, 3.05) is 5.32 Å². The molecule has 0 spiro atoms. The molecule has 30 heavy (non-hydrogen) atoms. The Hall–Kier alpha value is -3.08. The number of hydrogen-bond acceptors (Lipinski definition) is 3. The Bertz CT molecular complexity index is 944. The molecule has 3 N–H and O–H groups in total. The summed E-state index contributed by atoms with van der Waals surface area (Å²) in [4.78, 5) is 23.4. The molecule has 0 heterocycles. The molecule has 0 unspecified atom stereocenters. The van der Waals surface area contributed by atoms with Crippen molar-refractivity contribution in [3.05, 3.63) is 58.7 Å². The van der Waals surface area contributed by atoms with Crippen LogP contribution in [0, 0.1) is 13.8 Å². The average Bonchev–Trinajstić information content (AvgIpc) is 2.68. The van der Waals surface area contributed by atoms with E-state index in [-0.39, 0.29) is 5.91 Å². The number of nitrogens with one attached hydrogen (secondary N) is 2. The van der Waals surface area contributed by atoms with Crippen molar-refractivity contribution in [1.82, 2.24) is 5.32 Å². The van der Waals surface area contributed by atoms with Crippen molar-refractivity contribution < 1.29 is 14.7 Å². The quantitative estimate of drug-likeness (QED) is 0.526. The topological polar surface area (TPSA) is 78.4 Å². The number of rotatable bonds is 8. The van der Waals surface area contributed by atoms with E-state index in [1.807, 2.05) is 19.9 Å². The summed E-state index contributed by atoms with van der Waals surface area (Å²) in [6.45, 7) is 11.7. The van der Waals surface area contributed by atoms with Crippen LogP contribution in [0.1, 0.15) is 50.8 Å². The van der Waals surface area contributed by atoms with Crippen LogP contribution >= 0.6 is 0 Å². The van der Waals surface area contributed by atoms with Gasteiger partial charge in [0.2, 0.25) is 5.91 Å². The predicted octanol–water partition coefficient (Wildman–Crippen LogP) is 5.17. The second kappa shape index (κ2) is 10.1. The van der Waals surface area contributed by atoms with Crippen LogP contribution in [0.5, 0.6) is 0 Å². The van der Waals surface area contributed by atoms with Gasteiger partial charge in [0, 0.05) is 17.3 Å². The minimum absolute atomic E-state index is 0.346. The Morgan fingerprint density at radius 2 is 1.67 bits per heavy atom. The van der Waals surface area contributed by atoms with Gasteiger partial charge in [-0.1, -0.05) is 31.2 Å². The van der Waals surface area contributed by atoms with Gasteiger partial charge < -0.3 is 15.7 Å². The van der Waals surface area contributed by atoms with Crippen molar-refractivity contribution in [3.63, 3.8) is 0 Å². The molecule has 5 heteroatoms. The van der Waals surface area contributed by atoms with Crippen LogP contribution in [0.2, 0.25) is 0 Å². The summed E-state index contributed by atoms with van der Waals surface area (Å²) < 4.78 is 0. The lowest BCUT2D eigenvalue weighted by Crippen LogP contribution is -2.39. The number of benzene rings is 2. The van der Waals surface area contributed by atoms with E-state index in [1.54, 1.807) is 0 Å². The number of anilines is 1. The molecular formula is C25H32N2O3. The molecule has 0 fully saturated rings. The summed E-state index contributed by atoms with van der Waals surface area (Å²) >= 11 is 0. The highest BCUT2D eigenvalue weighted by Gasteiger charge is 2.16. The molecule has 0 aromatic heterocycles. The van der Waals surface area contributed by atoms with Gasteiger partial charge in [-0.05, 0) is 87.1 Å². The number of amides is 1. The molecule has 2 aromatic rings. The minimum Gasteiger partial charge on any atom is -0.480 e. The number of carbonyl (C=O) groups excluding carboxylic acids is 1. The third kappa shape index (κ3) is 5.96. The zero-order chi connectivity index (χ0) is 22.4. The van der Waals surface area contributed by atoms with Crippen LogP contribution in [0.25, 0.3) is 17.2 Å². The maximum absolute atomic E-state index is 12.4. The molecule has 0 saturated carbocycles. The minimum atomic E-state index is -1.05. The zero-order valence-corrected chi connectivity index (χ0v) is 18.7. The van der Waals surface area contributed by atoms with Gasteiger partial charge in [0.25, 0.3) is 0 Å². The molecular weight excluding hydrogens is 376 g/mol. The summed E-state index contributed by atoms with van der Waals surface area (Å²) in [6, 6.07) is 12.1. The number of hydrogen-bond donors (Lipinski definition) is 3. The van der Waals surface area contributed by atoms with Gasteiger partial charge in [0.15, 0.2) is 0 Å². The predicted molar refractivity (Wildman–Crippen MR) is 124 cm³/mol. The Morgan fingerprint density at radius 3 is 2.20 bits per heavy atom. The van der Waals surface area contributed by atoms with Crippen LogP contribution in [0.15, 0.2) is 42.0 Å². The van der Waals surface area contributed by atoms with Gasteiger partial charge in [0.1, 0.15) is 6.04 Å². The maximum atomic E-state index is 12.4. The van der Waals surface area contributed by atoms with Crippen molar-refractivity contribution >= 4 is 23.6 Å². The molecule has 0 aliphatic heterocycles. The molecule has 160 valence electrons. The lowest BCUT2D eigenvalue weighted by atomic mass is 9.93. The van der Waals surface area contributed by atoms with Crippen molar-refractivity contribution in [2.24, 2.45) is 0 Å². The largest absolute Gasteiger partial charge is 0.480 e. The van der Waals surface area contributed by atoms with E-state index in [2.05, 4.69) is 67.8 Å². The fourth-order valence-electron chi connectivity index (χ4n) is 3.25. The molecule has 1 atom stereocenters. The second-order valence-corrected chi connectivity index (χ2v) is 7.96. The number of carboxylic acid groups (broad SMARTS) is 1. The van der Waals surface area contributed by atoms with Gasteiger partial charge in [-0.3, -0.25) is 9.59 Å². The first-order valence-corrected chi connectivity index (χ1v) is 10.3. The van der Waals surface area contributed by atoms with Crippen LogP contribution in [0.3, 0.4) is 0 Å². The average molecular weight is 409 g/mol. The third-order valence-corrected chi connectivity index (χ3v) is 4.98. The highest BCUT2D eigenvalue weighted by Crippen LogP contribution is 2.29. The Balaban J connectivity index is 2.31. The second-order valence-electron chi connectivity index (χ2n) is 7.96. The monoisotopic (exact) mass is 408 g/mol. The van der Waals surface area contributed by atoms with E-state index in [1.165, 1.54) is 6.92 Å². The summed E-state index contributed by atoms with van der Waals surface area (Å²) in [5, 5.41) is 14.9. The highest BCUT2D eigenvalue weighted by molar-refractivity contribution is 5.99. The summed E-state index contributed by atoms with van der Waals surface area (Å²) in [7, 11) is 0. The van der Waals surface area contributed by atoms with Crippen molar-refractivity contribution in [1.29, 1.82) is 0 Å². The Morgan fingerprint density at radius 1 is 1.03 bits per heavy atom. The summed E-state index contributed by atoms with van der Waals surface area (Å²) in [5.41, 5.74) is 7.09. The van der Waals surface area contributed by atoms with Crippen LogP contribution < -0.4 is 10.6 Å². The van der Waals surface area contributed by atoms with Crippen LogP contribution in [-0.4, -0.2) is 29.1 Å². The standard InChI is InChI=1S/C25H32N2O3/c1-7-19(24(28)27-18(6)25(29)30)14-21-12-17(5)23(13-16(21)4)20-8-10-22(11-9-20)26-15(2)3/h8-15,18,26H,7H2,1-6H3,(H,27,28)(H,29,30)/b19-14+/t18-/m1/s1. The van der Waals surface area contributed by atoms with Gasteiger partial charge in [0.05, 0.1) is 0 Å². The SMILES string of the molecule is CC/C(=C\c1cc(C)c(-c2ccc(NC(C)C)cc2)cc1C)C(=O)N[C@H](C)C(=O)O. The molecule has 0 bridgehead atoms. The number of aryl methyl sites for hydroxylation is 2. The lowest BCUT2D eigenvalue weighted by molar-refractivity contribution is -0.140. The van der Waals surface area contributed by atoms with E-state index >= 15 is 0 Å². The molecule has 2 aromatic carbocycles. The normalized spacial score (nSPS) is 12.6. The van der Waals surface area contributed by atoms with Gasteiger partial charge in [-0.15, -0.1) is 0 Å². The smallest absolute Gasteiger partial charge is 0.325 e. The molecule has 0 aliphatic rings. The maximum Gasteiger partial charge on any atom is 0.325 e. The van der Waals surface area contributed by atoms with E-state index in [9.17, 15) is 9.59 Å². The fraction of sp³-hybridized carbons (Fsp3) is 0.360. The molecule has 0 radical (unpaired) electrons. The van der Waals surface area contributed by atoms with E-state index in [0.717, 1.165) is 33.5 Å². The first-order chi connectivity index (χ1) is 14.1. The fourth-order valence-corrected chi connectivity index (χ4v) is 3.25. The van der Waals surface area contributed by atoms with Gasteiger partial charge >= 0.3 is 5.97 Å².